The molecule has 0 radical (unpaired) electrons. The van der Waals surface area contributed by atoms with Gasteiger partial charge in [-0.2, -0.15) is 0 Å². The number of hydrogen-bond acceptors (Lipinski definition) is 5. The molecule has 0 heterocycles. The normalized spacial score (nSPS) is 11.6. The van der Waals surface area contributed by atoms with Crippen molar-refractivity contribution in [2.24, 2.45) is 5.73 Å². The van der Waals surface area contributed by atoms with Crippen molar-refractivity contribution in [3.8, 4) is 23.0 Å². The van der Waals surface area contributed by atoms with Gasteiger partial charge in [0.05, 0.1) is 28.4 Å². The van der Waals surface area contributed by atoms with Crippen LogP contribution in [0.15, 0.2) is 18.2 Å². The van der Waals surface area contributed by atoms with E-state index in [1.54, 1.807) is 28.4 Å². The summed E-state index contributed by atoms with van der Waals surface area (Å²) >= 11 is 0. The molecule has 6 heteroatoms. The third-order valence-electron chi connectivity index (χ3n) is 3.62. The first kappa shape index (κ1) is 19.2. The zero-order chi connectivity index (χ0) is 16.3. The van der Waals surface area contributed by atoms with Crippen molar-refractivity contribution in [1.29, 1.82) is 0 Å². The molecule has 0 aliphatic carbocycles. The van der Waals surface area contributed by atoms with Crippen LogP contribution in [0.5, 0.6) is 23.0 Å². The second-order valence-corrected chi connectivity index (χ2v) is 5.20. The molecule has 0 saturated carbocycles. The van der Waals surface area contributed by atoms with Gasteiger partial charge in [-0.15, -0.1) is 12.4 Å². The van der Waals surface area contributed by atoms with Gasteiger partial charge in [0.15, 0.2) is 23.0 Å². The molecule has 0 aliphatic heterocycles. The smallest absolute Gasteiger partial charge is 0.164 e. The molecule has 1 unspecified atom stereocenters. The quantitative estimate of drug-likeness (QED) is 0.874. The van der Waals surface area contributed by atoms with Crippen LogP contribution in [0.3, 0.4) is 0 Å². The third-order valence-corrected chi connectivity index (χ3v) is 3.62. The number of rotatable bonds is 6. The van der Waals surface area contributed by atoms with Crippen LogP contribution in [0.4, 0.5) is 0 Å². The van der Waals surface area contributed by atoms with E-state index >= 15 is 0 Å². The van der Waals surface area contributed by atoms with Gasteiger partial charge in [-0.3, -0.25) is 0 Å². The van der Waals surface area contributed by atoms with Gasteiger partial charge >= 0.3 is 0 Å². The molecule has 0 fully saturated rings. The van der Waals surface area contributed by atoms with E-state index in [4.69, 9.17) is 24.7 Å². The summed E-state index contributed by atoms with van der Waals surface area (Å²) in [6, 6.07) is 5.81. The molecule has 2 N–H and O–H groups in total. The summed E-state index contributed by atoms with van der Waals surface area (Å²) in [4.78, 5) is 0. The molecule has 23 heavy (non-hydrogen) atoms. The molecular formula is C17H24ClNO4. The van der Waals surface area contributed by atoms with Gasteiger partial charge in [0.25, 0.3) is 0 Å². The molecule has 0 spiro atoms. The Labute approximate surface area is 143 Å². The number of ether oxygens (including phenoxy) is 4. The van der Waals surface area contributed by atoms with Gasteiger partial charge in [0.1, 0.15) is 0 Å². The summed E-state index contributed by atoms with van der Waals surface area (Å²) in [5.74, 6) is 2.74. The Hall–Kier alpha value is -1.85. The SMILES string of the molecule is COc1cc2cc(OC)c(OC)c(CC(C)N)c2cc1OC.Cl. The van der Waals surface area contributed by atoms with E-state index in [2.05, 4.69) is 0 Å². The summed E-state index contributed by atoms with van der Waals surface area (Å²) in [6.07, 6.45) is 0.673. The third kappa shape index (κ3) is 3.74. The highest BCUT2D eigenvalue weighted by Crippen LogP contribution is 2.42. The van der Waals surface area contributed by atoms with Crippen LogP contribution in [0.25, 0.3) is 10.8 Å². The Kier molecular flexibility index (Phi) is 6.79. The fourth-order valence-corrected chi connectivity index (χ4v) is 2.65. The predicted molar refractivity (Wildman–Crippen MR) is 94.8 cm³/mol. The first-order chi connectivity index (χ1) is 10.5. The summed E-state index contributed by atoms with van der Waals surface area (Å²) in [6.45, 7) is 1.96. The van der Waals surface area contributed by atoms with Crippen LogP contribution in [-0.2, 0) is 6.42 Å². The minimum Gasteiger partial charge on any atom is -0.493 e. The highest BCUT2D eigenvalue weighted by atomic mass is 35.5. The predicted octanol–water partition coefficient (Wildman–Crippen LogP) is 3.19. The second kappa shape index (κ2) is 8.13. The van der Waals surface area contributed by atoms with Crippen molar-refractivity contribution in [2.45, 2.75) is 19.4 Å². The van der Waals surface area contributed by atoms with E-state index in [-0.39, 0.29) is 18.4 Å². The Morgan fingerprint density at radius 2 is 1.39 bits per heavy atom. The van der Waals surface area contributed by atoms with Crippen LogP contribution < -0.4 is 24.7 Å². The number of benzene rings is 2. The number of methoxy groups -OCH3 is 4. The van der Waals surface area contributed by atoms with E-state index in [0.29, 0.717) is 29.4 Å². The van der Waals surface area contributed by atoms with Crippen molar-refractivity contribution in [3.63, 3.8) is 0 Å². The molecule has 128 valence electrons. The average molecular weight is 342 g/mol. The van der Waals surface area contributed by atoms with E-state index in [1.807, 2.05) is 25.1 Å². The van der Waals surface area contributed by atoms with Gasteiger partial charge in [0, 0.05) is 11.6 Å². The van der Waals surface area contributed by atoms with Crippen LogP contribution in [0.1, 0.15) is 12.5 Å². The fraction of sp³-hybridized carbons (Fsp3) is 0.412. The average Bonchev–Trinajstić information content (AvgIpc) is 2.52. The lowest BCUT2D eigenvalue weighted by Crippen LogP contribution is -2.18. The van der Waals surface area contributed by atoms with Crippen molar-refractivity contribution in [3.05, 3.63) is 23.8 Å². The van der Waals surface area contributed by atoms with E-state index in [0.717, 1.165) is 16.3 Å². The Morgan fingerprint density at radius 3 is 1.87 bits per heavy atom. The zero-order valence-corrected chi connectivity index (χ0v) is 15.0. The lowest BCUT2D eigenvalue weighted by atomic mass is 9.97. The van der Waals surface area contributed by atoms with Crippen LogP contribution >= 0.6 is 12.4 Å². The molecule has 0 aliphatic rings. The van der Waals surface area contributed by atoms with Crippen molar-refractivity contribution in [1.82, 2.24) is 0 Å². The van der Waals surface area contributed by atoms with Gasteiger partial charge < -0.3 is 24.7 Å². The van der Waals surface area contributed by atoms with Crippen LogP contribution in [0.2, 0.25) is 0 Å². The van der Waals surface area contributed by atoms with Gasteiger partial charge in [-0.1, -0.05) is 0 Å². The number of fused-ring (bicyclic) bond motifs is 1. The maximum Gasteiger partial charge on any atom is 0.164 e. The first-order valence-corrected chi connectivity index (χ1v) is 7.10. The van der Waals surface area contributed by atoms with Gasteiger partial charge in [-0.25, -0.2) is 0 Å². The van der Waals surface area contributed by atoms with Crippen molar-refractivity contribution in [2.75, 3.05) is 28.4 Å². The summed E-state index contributed by atoms with van der Waals surface area (Å²) in [7, 11) is 6.50. The van der Waals surface area contributed by atoms with Crippen LogP contribution in [-0.4, -0.2) is 34.5 Å². The second-order valence-electron chi connectivity index (χ2n) is 5.20. The molecular weight excluding hydrogens is 318 g/mol. The van der Waals surface area contributed by atoms with Crippen molar-refractivity contribution >= 4 is 23.2 Å². The Balaban J connectivity index is 0.00000264. The molecule has 1 atom stereocenters. The Morgan fingerprint density at radius 1 is 0.870 bits per heavy atom. The largest absolute Gasteiger partial charge is 0.493 e. The molecule has 5 nitrogen and oxygen atoms in total. The molecule has 0 bridgehead atoms. The van der Waals surface area contributed by atoms with Gasteiger partial charge in [0.2, 0.25) is 0 Å². The topological polar surface area (TPSA) is 62.9 Å². The summed E-state index contributed by atoms with van der Waals surface area (Å²) in [5, 5.41) is 2.01. The van der Waals surface area contributed by atoms with E-state index in [1.165, 1.54) is 0 Å². The fourth-order valence-electron chi connectivity index (χ4n) is 2.65. The zero-order valence-electron chi connectivity index (χ0n) is 14.1. The molecule has 0 saturated heterocycles. The molecule has 0 aromatic heterocycles. The number of halogens is 1. The summed E-state index contributed by atoms with van der Waals surface area (Å²) < 4.78 is 21.8. The maximum absolute atomic E-state index is 6.00. The first-order valence-electron chi connectivity index (χ1n) is 7.10. The maximum atomic E-state index is 6.00. The highest BCUT2D eigenvalue weighted by molar-refractivity contribution is 5.93. The lowest BCUT2D eigenvalue weighted by Gasteiger charge is -2.18. The standard InChI is InChI=1S/C17H23NO4.ClH/c1-10(18)6-13-12-9-15(20-3)14(19-2)7-11(12)8-16(21-4)17(13)22-5;/h7-10H,6,18H2,1-5H3;1H. The van der Waals surface area contributed by atoms with Crippen molar-refractivity contribution < 1.29 is 18.9 Å². The van der Waals surface area contributed by atoms with E-state index < -0.39 is 0 Å². The molecule has 0 amide bonds. The number of hydrogen-bond donors (Lipinski definition) is 1. The number of nitrogens with two attached hydrogens (primary N) is 1. The molecule has 2 rings (SSSR count). The minimum absolute atomic E-state index is 0. The lowest BCUT2D eigenvalue weighted by molar-refractivity contribution is 0.351. The van der Waals surface area contributed by atoms with Gasteiger partial charge in [-0.05, 0) is 42.3 Å². The Bertz CT molecular complexity index is 668. The minimum atomic E-state index is -0.00250. The van der Waals surface area contributed by atoms with E-state index in [9.17, 15) is 0 Å². The molecule has 2 aromatic rings. The summed E-state index contributed by atoms with van der Waals surface area (Å²) in [5.41, 5.74) is 7.01. The molecule has 2 aromatic carbocycles. The monoisotopic (exact) mass is 341 g/mol. The highest BCUT2D eigenvalue weighted by Gasteiger charge is 2.18. The van der Waals surface area contributed by atoms with Crippen LogP contribution in [0, 0.1) is 0 Å².